The van der Waals surface area contributed by atoms with E-state index in [9.17, 15) is 53.4 Å². The number of amides is 1. The molecule has 0 spiro atoms. The largest absolute Gasteiger partial charge is 0.467 e. The molecule has 600 valence electrons. The Morgan fingerprint density at radius 3 is 1.54 bits per heavy atom. The van der Waals surface area contributed by atoms with Crippen LogP contribution in [0.25, 0.3) is 0 Å². The summed E-state index contributed by atoms with van der Waals surface area (Å²) in [7, 11) is 15.0. The molecule has 25 nitrogen and oxygen atoms in total. The van der Waals surface area contributed by atoms with E-state index in [1.807, 2.05) is 122 Å². The molecule has 2 aliphatic carbocycles. The Balaban J connectivity index is 0.000000298. The van der Waals surface area contributed by atoms with Crippen LogP contribution in [-0.2, 0) is 44.7 Å². The molecule has 7 aromatic rings. The molecule has 2 heterocycles. The number of H-pyrrole nitrogens is 1. The van der Waals surface area contributed by atoms with E-state index in [1.165, 1.54) is 102 Å². The molecule has 1 unspecified atom stereocenters. The van der Waals surface area contributed by atoms with Crippen LogP contribution in [0.5, 0.6) is 23.0 Å². The minimum Gasteiger partial charge on any atom is -0.467 e. The molecular weight excluding hydrogens is 1650 g/mol. The van der Waals surface area contributed by atoms with Crippen molar-refractivity contribution in [3.63, 3.8) is 0 Å². The number of guanidine groups is 1. The first-order valence-electron chi connectivity index (χ1n) is 33.2. The van der Waals surface area contributed by atoms with Crippen molar-refractivity contribution in [3.8, 4) is 35.1 Å². The lowest BCUT2D eigenvalue weighted by Gasteiger charge is -2.30. The van der Waals surface area contributed by atoms with E-state index in [0.29, 0.717) is 39.4 Å². The number of anilines is 1. The lowest BCUT2D eigenvalue weighted by molar-refractivity contribution is -0.485. The standard InChI is InChI=1S/2C22H18Cl2FNO3.C15H21NO4.C6H8ClN5O2S.C6H12N2S4.C4H5NO2/c2*1-22(2)15(11-19(23)24)20(22)21(27)29-18(12-26)13-8-9-16(25)17(10-13)28-14-6-4-3-5-7-14;1-10-7-6-8-11(2)14(10)16(13(17)9-19-4)12(3)15(18)20-5;1-8-6(11-12(13)14)10-3-4-2-9-5(7)15-4;1-7(2)5(9)11-12-6(10)8(3)4;1-3-2-4(6)5-7-3/h2*3-11,15,18,20H,1-2H3;6-8,12H,9H2,1-5H3;2H,3H2,1H3,(H2,8,10,11);1-4H3;2H,1H3,(H,5,6)/t15-,18+,20-;15-,18-,20+;;;;/m00..../s1. The molecule has 112 heavy (non-hydrogen) atoms. The summed E-state index contributed by atoms with van der Waals surface area (Å²) in [5, 5.41) is 38.8. The van der Waals surface area contributed by atoms with Gasteiger partial charge < -0.3 is 53.4 Å². The van der Waals surface area contributed by atoms with Gasteiger partial charge in [-0.05, 0) is 144 Å². The number of hydrogen-bond acceptors (Lipinski definition) is 22. The quantitative estimate of drug-likeness (QED) is 0.00933. The van der Waals surface area contributed by atoms with Crippen molar-refractivity contribution in [2.45, 2.75) is 80.2 Å². The van der Waals surface area contributed by atoms with E-state index in [-0.39, 0.29) is 67.2 Å². The fraction of sp³-hybridized carbons (Fsp3) is 0.347. The average molecular weight is 1740 g/mol. The number of nitro groups is 1. The number of allylic oxidation sites excluding steroid dienone is 2. The number of hydrazone groups is 1. The number of esters is 3. The van der Waals surface area contributed by atoms with Gasteiger partial charge in [0.15, 0.2) is 32.6 Å². The number of aryl methyl sites for hydroxylation is 3. The number of thiocarbonyl (C=S) groups is 2. The summed E-state index contributed by atoms with van der Waals surface area (Å²) < 4.78 is 66.7. The molecule has 5 aromatic carbocycles. The third-order valence-corrected chi connectivity index (χ3v) is 22.0. The lowest BCUT2D eigenvalue weighted by Crippen LogP contribution is -2.46. The molecule has 3 N–H and O–H groups in total. The number of hydrogen-bond donors (Lipinski definition) is 3. The zero-order chi connectivity index (χ0) is 83.9. The number of carbonyl (C=O) groups is 4. The summed E-state index contributed by atoms with van der Waals surface area (Å²) in [6.07, 6.45) is 2.39. The molecule has 7 atom stereocenters. The van der Waals surface area contributed by atoms with Crippen LogP contribution in [0.15, 0.2) is 163 Å². The zero-order valence-electron chi connectivity index (χ0n) is 63.2. The fourth-order valence-corrected chi connectivity index (χ4v) is 14.0. The second-order valence-corrected chi connectivity index (χ2v) is 32.6. The Kier molecular flexibility index (Phi) is 39.5. The topological polar surface area (TPSA) is 319 Å². The van der Waals surface area contributed by atoms with Crippen molar-refractivity contribution in [1.82, 2.24) is 30.6 Å². The highest BCUT2D eigenvalue weighted by Crippen LogP contribution is 2.61. The predicted octanol–water partition coefficient (Wildman–Crippen LogP) is 17.5. The smallest absolute Gasteiger partial charge is 0.328 e. The van der Waals surface area contributed by atoms with Crippen molar-refractivity contribution in [3.05, 3.63) is 218 Å². The molecule has 37 heteroatoms. The van der Waals surface area contributed by atoms with Crippen LogP contribution in [0.1, 0.15) is 79.7 Å². The zero-order valence-corrected chi connectivity index (χ0v) is 71.1. The Bertz CT molecular complexity index is 4410. The molecule has 2 saturated carbocycles. The van der Waals surface area contributed by atoms with Gasteiger partial charge in [0, 0.05) is 70.6 Å². The number of nitriles is 2. The Morgan fingerprint density at radius 2 is 1.21 bits per heavy atom. The van der Waals surface area contributed by atoms with Crippen LogP contribution in [-0.4, -0.2) is 125 Å². The maximum absolute atomic E-state index is 14.2. The number of thiazole rings is 1. The number of nitrogens with one attached hydrogen (secondary N) is 3. The molecule has 1 amide bonds. The lowest BCUT2D eigenvalue weighted by atomic mass is 10.1. The van der Waals surface area contributed by atoms with Crippen LogP contribution in [0.3, 0.4) is 0 Å². The third-order valence-electron chi connectivity index (χ3n) is 16.2. The van der Waals surface area contributed by atoms with Crippen molar-refractivity contribution in [2.75, 3.05) is 61.0 Å². The van der Waals surface area contributed by atoms with Crippen molar-refractivity contribution in [2.24, 2.45) is 39.6 Å². The number of rotatable bonds is 20. The summed E-state index contributed by atoms with van der Waals surface area (Å²) in [5.41, 5.74) is 2.26. The first-order chi connectivity index (χ1) is 52.8. The number of ether oxygens (including phenoxy) is 6. The maximum Gasteiger partial charge on any atom is 0.328 e. The Morgan fingerprint density at radius 1 is 0.759 bits per heavy atom. The second-order valence-electron chi connectivity index (χ2n) is 25.5. The van der Waals surface area contributed by atoms with Gasteiger partial charge in [-0.15, -0.1) is 11.3 Å². The fourth-order valence-electron chi connectivity index (χ4n) is 10.2. The molecule has 0 aliphatic heterocycles. The monoisotopic (exact) mass is 1730 g/mol. The average Bonchev–Trinajstić information content (AvgIpc) is 1.57. The van der Waals surface area contributed by atoms with Gasteiger partial charge in [-0.3, -0.25) is 24.1 Å². The number of carbonyl (C=O) groups excluding carboxylic acids is 4. The highest BCUT2D eigenvalue weighted by atomic mass is 35.5. The number of aromatic nitrogens is 2. The summed E-state index contributed by atoms with van der Waals surface area (Å²) in [5.74, 6) is -2.81. The van der Waals surface area contributed by atoms with Gasteiger partial charge in [0.2, 0.25) is 12.2 Å². The Hall–Kier alpha value is -8.90. The molecule has 9 rings (SSSR count). The van der Waals surface area contributed by atoms with Crippen LogP contribution in [0.2, 0.25) is 4.47 Å². The van der Waals surface area contributed by atoms with Gasteiger partial charge >= 0.3 is 17.9 Å². The summed E-state index contributed by atoms with van der Waals surface area (Å²) in [4.78, 5) is 79.5. The van der Waals surface area contributed by atoms with Crippen LogP contribution in [0, 0.1) is 99.7 Å². The molecule has 0 saturated heterocycles. The molecule has 2 fully saturated rings. The summed E-state index contributed by atoms with van der Waals surface area (Å²) >= 11 is 39.9. The number of methoxy groups -OCH3 is 2. The van der Waals surface area contributed by atoms with E-state index < -0.39 is 64.7 Å². The summed E-state index contributed by atoms with van der Waals surface area (Å²) in [6, 6.07) is 35.5. The Labute approximate surface area is 695 Å². The second kappa shape index (κ2) is 46.3. The van der Waals surface area contributed by atoms with Crippen molar-refractivity contribution in [1.29, 1.82) is 10.5 Å². The van der Waals surface area contributed by atoms with Gasteiger partial charge in [-0.2, -0.15) is 15.7 Å². The van der Waals surface area contributed by atoms with Gasteiger partial charge in [0.25, 0.3) is 17.4 Å². The van der Waals surface area contributed by atoms with E-state index in [1.54, 1.807) is 80.7 Å². The van der Waals surface area contributed by atoms with E-state index in [0.717, 1.165) is 30.3 Å². The number of aromatic amines is 1. The van der Waals surface area contributed by atoms with Crippen molar-refractivity contribution >= 4 is 159 Å². The van der Waals surface area contributed by atoms with Crippen LogP contribution >= 0.6 is 115 Å². The van der Waals surface area contributed by atoms with E-state index in [2.05, 4.69) is 30.4 Å². The maximum atomic E-state index is 14.2. The van der Waals surface area contributed by atoms with E-state index >= 15 is 0 Å². The first-order valence-corrected chi connectivity index (χ1v) is 38.9. The van der Waals surface area contributed by atoms with Crippen molar-refractivity contribution < 1.29 is 65.9 Å². The van der Waals surface area contributed by atoms with Gasteiger partial charge in [0.1, 0.15) is 64.8 Å². The molecule has 2 aromatic heterocycles. The number of halogens is 7. The minimum atomic E-state index is -1.20. The normalized spacial score (nSPS) is 15.6. The molecule has 0 bridgehead atoms. The van der Waals surface area contributed by atoms with E-state index in [4.69, 9.17) is 111 Å². The molecular formula is C75H82Cl5F2N11O14S5. The number of benzene rings is 5. The number of para-hydroxylation sites is 3. The van der Waals surface area contributed by atoms with Gasteiger partial charge in [0.05, 0.1) is 31.2 Å². The van der Waals surface area contributed by atoms with Gasteiger partial charge in [-0.25, -0.2) is 28.7 Å². The predicted molar refractivity (Wildman–Crippen MR) is 442 cm³/mol. The SMILES string of the molecule is CC1(C)[C@@H](C=C(Cl)Cl)[C@@H]1C(=O)O[C@@H](C#N)c1ccc(F)c(Oc2ccccc2)c1.CC1(C)[C@H](C(=O)O[C@H](C#N)c2ccc(F)c(Oc3ccccc3)c2)[C@@H]1C=C(Cl)Cl.CN(C)C(=S)SSC(=S)N(C)C.CN/C(=N\[N+](=O)[O-])NCc1cnc(Cl)s1.COCC(=O)N(c1c(C)cccc1C)C(C)C(=O)OC.Cc1cc(=O)[nH]o1. The van der Waals surface area contributed by atoms with Crippen LogP contribution < -0.4 is 30.6 Å². The highest BCUT2D eigenvalue weighted by molar-refractivity contribution is 8.89. The van der Waals surface area contributed by atoms with Crippen LogP contribution in [0.4, 0.5) is 14.5 Å². The molecule has 2 aliphatic rings. The summed E-state index contributed by atoms with van der Waals surface area (Å²) in [6.45, 7) is 15.0. The third kappa shape index (κ3) is 30.5. The first kappa shape index (κ1) is 95.5. The minimum absolute atomic E-state index is 0.0634. The molecule has 0 radical (unpaired) electrons. The number of nitrogens with zero attached hydrogens (tertiary/aromatic N) is 8. The highest BCUT2D eigenvalue weighted by Gasteiger charge is 2.63. The van der Waals surface area contributed by atoms with Gasteiger partial charge in [-0.1, -0.05) is 177 Å².